The van der Waals surface area contributed by atoms with Gasteiger partial charge < -0.3 is 15.4 Å². The van der Waals surface area contributed by atoms with Crippen LogP contribution >= 0.6 is 24.0 Å². The van der Waals surface area contributed by atoms with E-state index in [9.17, 15) is 0 Å². The number of halogens is 1. The van der Waals surface area contributed by atoms with Crippen molar-refractivity contribution in [3.05, 3.63) is 59.8 Å². The van der Waals surface area contributed by atoms with Crippen molar-refractivity contribution in [3.63, 3.8) is 0 Å². The quantitative estimate of drug-likeness (QED) is 0.340. The third kappa shape index (κ3) is 7.47. The summed E-state index contributed by atoms with van der Waals surface area (Å²) < 4.78 is 5.32. The maximum atomic E-state index is 5.32. The third-order valence-corrected chi connectivity index (χ3v) is 4.97. The van der Waals surface area contributed by atoms with Crippen molar-refractivity contribution in [1.82, 2.24) is 20.5 Å². The van der Waals surface area contributed by atoms with E-state index >= 15 is 0 Å². The Labute approximate surface area is 191 Å². The predicted octanol–water partition coefficient (Wildman–Crippen LogP) is 3.43. The Morgan fingerprint density at radius 3 is 2.62 bits per heavy atom. The molecule has 6 nitrogen and oxygen atoms in total. The summed E-state index contributed by atoms with van der Waals surface area (Å²) in [5.74, 6) is 1.49. The van der Waals surface area contributed by atoms with Crippen LogP contribution < -0.4 is 15.4 Å². The summed E-state index contributed by atoms with van der Waals surface area (Å²) in [6.45, 7) is 6.69. The van der Waals surface area contributed by atoms with Gasteiger partial charge in [-0.25, -0.2) is 9.98 Å². The lowest BCUT2D eigenvalue weighted by molar-refractivity contribution is 0.198. The molecule has 29 heavy (non-hydrogen) atoms. The van der Waals surface area contributed by atoms with E-state index in [1.165, 1.54) is 5.56 Å². The number of aromatic nitrogens is 1. The van der Waals surface area contributed by atoms with Crippen molar-refractivity contribution in [2.24, 2.45) is 4.99 Å². The average molecular weight is 509 g/mol. The van der Waals surface area contributed by atoms with Crippen LogP contribution in [0.1, 0.15) is 30.9 Å². The van der Waals surface area contributed by atoms with Gasteiger partial charge in [-0.05, 0) is 31.4 Å². The number of piperidine rings is 1. The summed E-state index contributed by atoms with van der Waals surface area (Å²) in [6.07, 6.45) is 3.97. The summed E-state index contributed by atoms with van der Waals surface area (Å²) in [7, 11) is 1.64. The Morgan fingerprint density at radius 1 is 1.17 bits per heavy atom. The van der Waals surface area contributed by atoms with Crippen molar-refractivity contribution < 1.29 is 4.74 Å². The SMILES string of the molecule is CCNC(=NCc1cccnc1OC)NC1CCN(Cc2ccccc2)CC1.I. The van der Waals surface area contributed by atoms with Crippen molar-refractivity contribution in [2.45, 2.75) is 38.9 Å². The van der Waals surface area contributed by atoms with E-state index in [1.54, 1.807) is 13.3 Å². The number of nitrogens with one attached hydrogen (secondary N) is 2. The molecule has 0 unspecified atom stereocenters. The standard InChI is InChI=1S/C22H31N5O.HI/c1-3-23-22(25-16-19-10-7-13-24-21(19)28-2)26-20-11-14-27(15-12-20)17-18-8-5-4-6-9-18;/h4-10,13,20H,3,11-12,14-17H2,1-2H3,(H2,23,25,26);1H. The lowest BCUT2D eigenvalue weighted by Gasteiger charge is -2.33. The Bertz CT molecular complexity index is 748. The van der Waals surface area contributed by atoms with Gasteiger partial charge in [0.25, 0.3) is 0 Å². The average Bonchev–Trinajstić information content (AvgIpc) is 2.74. The Hall–Kier alpha value is -1.87. The van der Waals surface area contributed by atoms with Crippen molar-refractivity contribution >= 4 is 29.9 Å². The van der Waals surface area contributed by atoms with E-state index in [2.05, 4.69) is 57.8 Å². The fourth-order valence-electron chi connectivity index (χ4n) is 3.48. The molecule has 1 aromatic heterocycles. The molecule has 0 atom stereocenters. The molecule has 0 bridgehead atoms. The molecule has 2 N–H and O–H groups in total. The van der Waals surface area contributed by atoms with Crippen LogP contribution in [0.2, 0.25) is 0 Å². The third-order valence-electron chi connectivity index (χ3n) is 4.97. The first-order valence-corrected chi connectivity index (χ1v) is 10.1. The number of benzene rings is 1. The molecule has 0 saturated carbocycles. The van der Waals surface area contributed by atoms with Crippen molar-refractivity contribution in [1.29, 1.82) is 0 Å². The molecule has 1 aliphatic heterocycles. The minimum atomic E-state index is 0. The molecule has 0 radical (unpaired) electrons. The molecule has 2 aromatic rings. The second kappa shape index (κ2) is 12.6. The number of guanidine groups is 1. The Kier molecular flexibility index (Phi) is 10.2. The molecule has 0 aliphatic carbocycles. The van der Waals surface area contributed by atoms with E-state index < -0.39 is 0 Å². The van der Waals surface area contributed by atoms with Crippen LogP contribution in [0.4, 0.5) is 0 Å². The number of rotatable bonds is 7. The minimum Gasteiger partial charge on any atom is -0.481 e. The second-order valence-corrected chi connectivity index (χ2v) is 7.05. The monoisotopic (exact) mass is 509 g/mol. The molecule has 3 rings (SSSR count). The summed E-state index contributed by atoms with van der Waals surface area (Å²) in [5.41, 5.74) is 2.37. The molecular formula is C22H32IN5O. The van der Waals surface area contributed by atoms with Crippen LogP contribution in [-0.4, -0.2) is 48.6 Å². The van der Waals surface area contributed by atoms with E-state index in [-0.39, 0.29) is 24.0 Å². The van der Waals surface area contributed by atoms with Crippen LogP contribution in [0.3, 0.4) is 0 Å². The van der Waals surface area contributed by atoms with Gasteiger partial charge in [0.05, 0.1) is 13.7 Å². The molecule has 0 spiro atoms. The summed E-state index contributed by atoms with van der Waals surface area (Å²) >= 11 is 0. The largest absolute Gasteiger partial charge is 0.481 e. The zero-order chi connectivity index (χ0) is 19.6. The van der Waals surface area contributed by atoms with Crippen LogP contribution in [0, 0.1) is 0 Å². The van der Waals surface area contributed by atoms with Gasteiger partial charge in [-0.2, -0.15) is 0 Å². The van der Waals surface area contributed by atoms with Crippen LogP contribution in [0.25, 0.3) is 0 Å². The van der Waals surface area contributed by atoms with Crippen LogP contribution in [-0.2, 0) is 13.1 Å². The lowest BCUT2D eigenvalue weighted by Crippen LogP contribution is -2.48. The van der Waals surface area contributed by atoms with Crippen LogP contribution in [0.5, 0.6) is 5.88 Å². The highest BCUT2D eigenvalue weighted by atomic mass is 127. The van der Waals surface area contributed by atoms with E-state index in [1.807, 2.05) is 12.1 Å². The molecule has 0 amide bonds. The fourth-order valence-corrected chi connectivity index (χ4v) is 3.48. The number of hydrogen-bond acceptors (Lipinski definition) is 4. The summed E-state index contributed by atoms with van der Waals surface area (Å²) in [6, 6.07) is 15.1. The lowest BCUT2D eigenvalue weighted by atomic mass is 10.0. The van der Waals surface area contributed by atoms with E-state index in [0.717, 1.165) is 50.5 Å². The number of methoxy groups -OCH3 is 1. The number of ether oxygens (including phenoxy) is 1. The normalized spacial score (nSPS) is 15.4. The highest BCUT2D eigenvalue weighted by Crippen LogP contribution is 2.16. The highest BCUT2D eigenvalue weighted by Gasteiger charge is 2.20. The Balaban J connectivity index is 0.00000300. The van der Waals surface area contributed by atoms with Gasteiger partial charge in [-0.3, -0.25) is 4.90 Å². The van der Waals surface area contributed by atoms with E-state index in [0.29, 0.717) is 18.5 Å². The van der Waals surface area contributed by atoms with Gasteiger partial charge >= 0.3 is 0 Å². The molecule has 1 fully saturated rings. The second-order valence-electron chi connectivity index (χ2n) is 7.05. The van der Waals surface area contributed by atoms with Crippen molar-refractivity contribution in [3.8, 4) is 5.88 Å². The van der Waals surface area contributed by atoms with Gasteiger partial charge in [-0.15, -0.1) is 24.0 Å². The predicted molar refractivity (Wildman–Crippen MR) is 129 cm³/mol. The maximum Gasteiger partial charge on any atom is 0.218 e. The highest BCUT2D eigenvalue weighted by molar-refractivity contribution is 14.0. The summed E-state index contributed by atoms with van der Waals surface area (Å²) in [4.78, 5) is 11.5. The fraction of sp³-hybridized carbons (Fsp3) is 0.455. The number of aliphatic imine (C=N–C) groups is 1. The number of pyridine rings is 1. The van der Waals surface area contributed by atoms with Crippen LogP contribution in [0.15, 0.2) is 53.7 Å². The molecule has 2 heterocycles. The van der Waals surface area contributed by atoms with Gasteiger partial charge in [0.2, 0.25) is 5.88 Å². The molecule has 158 valence electrons. The smallest absolute Gasteiger partial charge is 0.218 e. The summed E-state index contributed by atoms with van der Waals surface area (Å²) in [5, 5.41) is 6.95. The van der Waals surface area contributed by atoms with Gasteiger partial charge in [0, 0.05) is 44.0 Å². The van der Waals surface area contributed by atoms with E-state index in [4.69, 9.17) is 9.73 Å². The maximum absolute atomic E-state index is 5.32. The first-order chi connectivity index (χ1) is 13.8. The molecule has 1 saturated heterocycles. The topological polar surface area (TPSA) is 61.8 Å². The molecule has 1 aromatic carbocycles. The van der Waals surface area contributed by atoms with Crippen molar-refractivity contribution in [2.75, 3.05) is 26.7 Å². The first-order valence-electron chi connectivity index (χ1n) is 10.1. The molecular weight excluding hydrogens is 477 g/mol. The Morgan fingerprint density at radius 2 is 1.93 bits per heavy atom. The number of likely N-dealkylation sites (tertiary alicyclic amines) is 1. The van der Waals surface area contributed by atoms with Gasteiger partial charge in [0.1, 0.15) is 0 Å². The molecule has 1 aliphatic rings. The number of hydrogen-bond donors (Lipinski definition) is 2. The first kappa shape index (κ1) is 23.4. The zero-order valence-electron chi connectivity index (χ0n) is 17.3. The zero-order valence-corrected chi connectivity index (χ0v) is 19.6. The van der Waals surface area contributed by atoms with Gasteiger partial charge in [-0.1, -0.05) is 36.4 Å². The minimum absolute atomic E-state index is 0. The molecule has 7 heteroatoms. The van der Waals surface area contributed by atoms with Gasteiger partial charge in [0.15, 0.2) is 5.96 Å². The number of nitrogens with zero attached hydrogens (tertiary/aromatic N) is 3.